The first-order valence-electron chi connectivity index (χ1n) is 9.81. The molecule has 7 nitrogen and oxygen atoms in total. The first-order chi connectivity index (χ1) is 13.7. The number of carbonyl (C=O) groups excluding carboxylic acids is 1. The lowest BCUT2D eigenvalue weighted by atomic mass is 9.73. The van der Waals surface area contributed by atoms with Crippen molar-refractivity contribution in [1.29, 1.82) is 0 Å². The Balaban J connectivity index is 1.32. The number of amides is 1. The Morgan fingerprint density at radius 1 is 1.32 bits per heavy atom. The average Bonchev–Trinajstić information content (AvgIpc) is 3.41. The lowest BCUT2D eigenvalue weighted by Crippen LogP contribution is -2.41. The number of benzene rings is 1. The number of nitrogens with zero attached hydrogens (tertiary/aromatic N) is 3. The SMILES string of the molecule is COc1nccnc1N1C[C@@H]2[C@H](CNC(=O)c3ccccc3)[C@H]3CC[C@]2(C1)O3. The highest BCUT2D eigenvalue weighted by Gasteiger charge is 2.63. The van der Waals surface area contributed by atoms with E-state index in [1.807, 2.05) is 30.3 Å². The van der Waals surface area contributed by atoms with E-state index >= 15 is 0 Å². The maximum Gasteiger partial charge on any atom is 0.257 e. The zero-order valence-corrected chi connectivity index (χ0v) is 15.9. The minimum Gasteiger partial charge on any atom is -0.478 e. The van der Waals surface area contributed by atoms with Crippen molar-refractivity contribution in [3.63, 3.8) is 0 Å². The second-order valence-corrected chi connectivity index (χ2v) is 7.88. The molecule has 3 aliphatic rings. The van der Waals surface area contributed by atoms with Gasteiger partial charge < -0.3 is 19.7 Å². The molecule has 0 radical (unpaired) electrons. The maximum atomic E-state index is 12.5. The highest BCUT2D eigenvalue weighted by atomic mass is 16.5. The van der Waals surface area contributed by atoms with Crippen molar-refractivity contribution in [1.82, 2.24) is 15.3 Å². The molecule has 3 aliphatic heterocycles. The fourth-order valence-electron chi connectivity index (χ4n) is 5.21. The summed E-state index contributed by atoms with van der Waals surface area (Å²) in [6, 6.07) is 9.36. The van der Waals surface area contributed by atoms with E-state index < -0.39 is 0 Å². The van der Waals surface area contributed by atoms with E-state index in [0.717, 1.165) is 31.7 Å². The average molecular weight is 380 g/mol. The first-order valence-corrected chi connectivity index (χ1v) is 9.81. The van der Waals surface area contributed by atoms with Gasteiger partial charge in [0, 0.05) is 49.4 Å². The van der Waals surface area contributed by atoms with Crippen molar-refractivity contribution in [2.45, 2.75) is 24.5 Å². The molecule has 0 unspecified atom stereocenters. The third-order valence-electron chi connectivity index (χ3n) is 6.46. The van der Waals surface area contributed by atoms with Gasteiger partial charge in [0.05, 0.1) is 18.8 Å². The Hall–Kier alpha value is -2.67. The summed E-state index contributed by atoms with van der Waals surface area (Å²) in [6.45, 7) is 2.28. The fourth-order valence-corrected chi connectivity index (χ4v) is 5.21. The molecule has 3 fully saturated rings. The molecule has 28 heavy (non-hydrogen) atoms. The number of fused-ring (bicyclic) bond motifs is 1. The van der Waals surface area contributed by atoms with Gasteiger partial charge in [-0.1, -0.05) is 18.2 Å². The number of nitrogens with one attached hydrogen (secondary N) is 1. The van der Waals surface area contributed by atoms with Crippen LogP contribution in [0.2, 0.25) is 0 Å². The minimum atomic E-state index is -0.144. The van der Waals surface area contributed by atoms with Crippen molar-refractivity contribution >= 4 is 11.7 Å². The standard InChI is InChI=1S/C21H24N4O3/c1-27-20-18(22-9-10-23-20)25-12-16-15(17-7-8-21(16,13-25)28-17)11-24-19(26)14-5-3-2-4-6-14/h2-6,9-10,15-17H,7-8,11-13H2,1H3,(H,24,26)/t15-,16+,17+,21+/m0/s1. The van der Waals surface area contributed by atoms with Crippen LogP contribution in [0.5, 0.6) is 5.88 Å². The Labute approximate surface area is 164 Å². The van der Waals surface area contributed by atoms with Crippen LogP contribution in [0, 0.1) is 11.8 Å². The van der Waals surface area contributed by atoms with Crippen LogP contribution < -0.4 is 15.0 Å². The predicted octanol–water partition coefficient (Wildman–Crippen LogP) is 1.90. The van der Waals surface area contributed by atoms with Gasteiger partial charge in [-0.15, -0.1) is 0 Å². The smallest absolute Gasteiger partial charge is 0.257 e. The summed E-state index contributed by atoms with van der Waals surface area (Å²) in [5.74, 6) is 1.97. The molecule has 0 aliphatic carbocycles. The summed E-state index contributed by atoms with van der Waals surface area (Å²) in [5, 5.41) is 3.12. The van der Waals surface area contributed by atoms with E-state index in [1.54, 1.807) is 19.5 Å². The summed E-state index contributed by atoms with van der Waals surface area (Å²) in [4.78, 5) is 23.5. The van der Waals surface area contributed by atoms with E-state index in [0.29, 0.717) is 29.8 Å². The molecule has 2 bridgehead atoms. The summed E-state index contributed by atoms with van der Waals surface area (Å²) < 4.78 is 11.9. The second kappa shape index (κ2) is 6.74. The van der Waals surface area contributed by atoms with Crippen molar-refractivity contribution < 1.29 is 14.3 Å². The van der Waals surface area contributed by atoms with Crippen LogP contribution in [0.15, 0.2) is 42.7 Å². The summed E-state index contributed by atoms with van der Waals surface area (Å²) in [6.07, 6.45) is 5.67. The normalized spacial score (nSPS) is 30.3. The number of ether oxygens (including phenoxy) is 2. The summed E-state index contributed by atoms with van der Waals surface area (Å²) in [7, 11) is 1.62. The summed E-state index contributed by atoms with van der Waals surface area (Å²) in [5.41, 5.74) is 0.550. The number of anilines is 1. The molecule has 5 rings (SSSR count). The zero-order valence-electron chi connectivity index (χ0n) is 15.9. The Kier molecular flexibility index (Phi) is 4.19. The van der Waals surface area contributed by atoms with Gasteiger partial charge in [-0.2, -0.15) is 0 Å². The van der Waals surface area contributed by atoms with E-state index in [9.17, 15) is 4.79 Å². The number of rotatable bonds is 5. The van der Waals surface area contributed by atoms with Crippen LogP contribution in [0.25, 0.3) is 0 Å². The molecule has 7 heteroatoms. The van der Waals surface area contributed by atoms with Crippen LogP contribution in [0.1, 0.15) is 23.2 Å². The molecule has 1 N–H and O–H groups in total. The topological polar surface area (TPSA) is 76.6 Å². The quantitative estimate of drug-likeness (QED) is 0.854. The monoisotopic (exact) mass is 380 g/mol. The molecular formula is C21H24N4O3. The Morgan fingerprint density at radius 3 is 2.96 bits per heavy atom. The molecular weight excluding hydrogens is 356 g/mol. The molecule has 146 valence electrons. The van der Waals surface area contributed by atoms with Crippen LogP contribution >= 0.6 is 0 Å². The van der Waals surface area contributed by atoms with Crippen LogP contribution in [-0.2, 0) is 4.74 Å². The van der Waals surface area contributed by atoms with Gasteiger partial charge in [-0.3, -0.25) is 4.79 Å². The second-order valence-electron chi connectivity index (χ2n) is 7.88. The third-order valence-corrected chi connectivity index (χ3v) is 6.46. The van der Waals surface area contributed by atoms with E-state index in [2.05, 4.69) is 20.2 Å². The largest absolute Gasteiger partial charge is 0.478 e. The molecule has 1 spiro atoms. The lowest BCUT2D eigenvalue weighted by molar-refractivity contribution is 0.0141. The van der Waals surface area contributed by atoms with Crippen LogP contribution in [-0.4, -0.2) is 54.3 Å². The van der Waals surface area contributed by atoms with Crippen LogP contribution in [0.3, 0.4) is 0 Å². The number of methoxy groups -OCH3 is 1. The molecule has 1 aromatic carbocycles. The van der Waals surface area contributed by atoms with E-state index in [-0.39, 0.29) is 17.6 Å². The summed E-state index contributed by atoms with van der Waals surface area (Å²) >= 11 is 0. The van der Waals surface area contributed by atoms with Gasteiger partial charge in [-0.05, 0) is 25.0 Å². The van der Waals surface area contributed by atoms with Crippen molar-refractivity contribution in [3.8, 4) is 5.88 Å². The third kappa shape index (κ3) is 2.73. The highest BCUT2D eigenvalue weighted by molar-refractivity contribution is 5.94. The van der Waals surface area contributed by atoms with Gasteiger partial charge in [-0.25, -0.2) is 9.97 Å². The molecule has 1 amide bonds. The van der Waals surface area contributed by atoms with Gasteiger partial charge in [0.1, 0.15) is 0 Å². The predicted molar refractivity (Wildman–Crippen MR) is 103 cm³/mol. The fraction of sp³-hybridized carbons (Fsp3) is 0.476. The van der Waals surface area contributed by atoms with Crippen molar-refractivity contribution in [2.75, 3.05) is 31.6 Å². The zero-order chi connectivity index (χ0) is 19.1. The molecule has 2 aromatic rings. The van der Waals surface area contributed by atoms with Gasteiger partial charge in [0.25, 0.3) is 11.8 Å². The van der Waals surface area contributed by atoms with Crippen molar-refractivity contribution in [3.05, 3.63) is 48.3 Å². The highest BCUT2D eigenvalue weighted by Crippen LogP contribution is 2.55. The molecule has 4 heterocycles. The van der Waals surface area contributed by atoms with Crippen LogP contribution in [0.4, 0.5) is 5.82 Å². The molecule has 4 atom stereocenters. The van der Waals surface area contributed by atoms with Gasteiger partial charge in [0.15, 0.2) is 5.82 Å². The minimum absolute atomic E-state index is 0.0251. The molecule has 1 aromatic heterocycles. The maximum absolute atomic E-state index is 12.5. The van der Waals surface area contributed by atoms with Gasteiger partial charge >= 0.3 is 0 Å². The van der Waals surface area contributed by atoms with E-state index in [1.165, 1.54) is 0 Å². The molecule has 3 saturated heterocycles. The lowest BCUT2D eigenvalue weighted by Gasteiger charge is -2.29. The first kappa shape index (κ1) is 17.4. The Morgan fingerprint density at radius 2 is 2.14 bits per heavy atom. The number of carbonyl (C=O) groups is 1. The number of hydrogen-bond donors (Lipinski definition) is 1. The van der Waals surface area contributed by atoms with E-state index in [4.69, 9.17) is 9.47 Å². The number of hydrogen-bond acceptors (Lipinski definition) is 6. The van der Waals surface area contributed by atoms with Gasteiger partial charge in [0.2, 0.25) is 0 Å². The molecule has 0 saturated carbocycles. The van der Waals surface area contributed by atoms with Crippen molar-refractivity contribution in [2.24, 2.45) is 11.8 Å². The Bertz CT molecular complexity index is 877. The number of aromatic nitrogens is 2.